The van der Waals surface area contributed by atoms with Gasteiger partial charge in [-0.3, -0.25) is 0 Å². The number of rotatable bonds is 4. The van der Waals surface area contributed by atoms with Crippen molar-refractivity contribution in [1.82, 2.24) is 24.2 Å². The van der Waals surface area contributed by atoms with E-state index in [-0.39, 0.29) is 30.6 Å². The molecule has 208 valence electrons. The minimum absolute atomic E-state index is 0.0368. The van der Waals surface area contributed by atoms with Gasteiger partial charge in [-0.2, -0.15) is 0 Å². The SMILES string of the molecule is Cc1cc2cnc(NC3CCN(S(C)(=O)=O)CC3)nc2c(N2CC3(CN(C(=O)O)CC3F)C2C(C)(C)C)n1. The zero-order valence-corrected chi connectivity index (χ0v) is 23.3. The number of piperidine rings is 1. The van der Waals surface area contributed by atoms with Crippen molar-refractivity contribution in [1.29, 1.82) is 0 Å². The van der Waals surface area contributed by atoms with Crippen LogP contribution in [0.3, 0.4) is 0 Å². The topological polar surface area (TPSA) is 132 Å². The number of amides is 1. The quantitative estimate of drug-likeness (QED) is 0.591. The van der Waals surface area contributed by atoms with Crippen LogP contribution < -0.4 is 10.2 Å². The van der Waals surface area contributed by atoms with Gasteiger partial charge in [0.1, 0.15) is 11.7 Å². The van der Waals surface area contributed by atoms with E-state index >= 15 is 4.39 Å². The molecule has 3 atom stereocenters. The number of pyridine rings is 1. The Morgan fingerprint density at radius 1 is 1.21 bits per heavy atom. The van der Waals surface area contributed by atoms with Crippen molar-refractivity contribution < 1.29 is 22.7 Å². The molecule has 0 aliphatic carbocycles. The Labute approximate surface area is 222 Å². The minimum atomic E-state index is -3.21. The van der Waals surface area contributed by atoms with Gasteiger partial charge in [-0.15, -0.1) is 0 Å². The fourth-order valence-electron chi connectivity index (χ4n) is 6.60. The lowest BCUT2D eigenvalue weighted by Crippen LogP contribution is -2.73. The molecule has 1 spiro atoms. The molecule has 2 aromatic rings. The van der Waals surface area contributed by atoms with E-state index in [1.165, 1.54) is 15.5 Å². The summed E-state index contributed by atoms with van der Waals surface area (Å²) in [5, 5.41) is 13.7. The Morgan fingerprint density at radius 3 is 2.47 bits per heavy atom. The molecule has 3 unspecified atom stereocenters. The molecule has 2 N–H and O–H groups in total. The van der Waals surface area contributed by atoms with E-state index in [9.17, 15) is 18.3 Å². The van der Waals surface area contributed by atoms with Crippen LogP contribution in [0.25, 0.3) is 10.9 Å². The molecule has 3 fully saturated rings. The van der Waals surface area contributed by atoms with Gasteiger partial charge in [0.15, 0.2) is 5.82 Å². The third kappa shape index (κ3) is 4.63. The van der Waals surface area contributed by atoms with Crippen LogP contribution in [0.4, 0.5) is 21.0 Å². The summed E-state index contributed by atoms with van der Waals surface area (Å²) in [5.74, 6) is 1.08. The number of aryl methyl sites for hydroxylation is 1. The molecule has 5 rings (SSSR count). The van der Waals surface area contributed by atoms with Crippen LogP contribution in [-0.4, -0.2) is 101 Å². The summed E-state index contributed by atoms with van der Waals surface area (Å²) in [6.45, 7) is 9.30. The predicted octanol–water partition coefficient (Wildman–Crippen LogP) is 2.72. The number of likely N-dealkylation sites (tertiary alicyclic amines) is 1. The molecule has 0 aromatic carbocycles. The third-order valence-corrected chi connectivity index (χ3v) is 9.41. The average molecular weight is 550 g/mol. The van der Waals surface area contributed by atoms with Crippen LogP contribution >= 0.6 is 0 Å². The number of hydrogen-bond donors (Lipinski definition) is 2. The van der Waals surface area contributed by atoms with Crippen LogP contribution in [0.2, 0.25) is 0 Å². The van der Waals surface area contributed by atoms with E-state index in [4.69, 9.17) is 9.97 Å². The number of alkyl halides is 1. The summed E-state index contributed by atoms with van der Waals surface area (Å²) in [5.41, 5.74) is 0.273. The van der Waals surface area contributed by atoms with Crippen LogP contribution in [0, 0.1) is 17.8 Å². The molecule has 3 aliphatic heterocycles. The third-order valence-electron chi connectivity index (χ3n) is 8.11. The number of anilines is 2. The number of nitrogens with zero attached hydrogens (tertiary/aromatic N) is 6. The first-order chi connectivity index (χ1) is 17.7. The zero-order valence-electron chi connectivity index (χ0n) is 22.5. The van der Waals surface area contributed by atoms with Gasteiger partial charge >= 0.3 is 6.09 Å². The summed E-state index contributed by atoms with van der Waals surface area (Å²) in [6.07, 6.45) is 1.90. The van der Waals surface area contributed by atoms with Crippen molar-refractivity contribution >= 4 is 38.8 Å². The van der Waals surface area contributed by atoms with Gasteiger partial charge in [-0.1, -0.05) is 20.8 Å². The van der Waals surface area contributed by atoms with E-state index in [1.54, 1.807) is 6.20 Å². The lowest BCUT2D eigenvalue weighted by Gasteiger charge is -2.62. The van der Waals surface area contributed by atoms with Crippen LogP contribution in [0.1, 0.15) is 39.3 Å². The maximum atomic E-state index is 15.5. The molecule has 0 bridgehead atoms. The van der Waals surface area contributed by atoms with Crippen molar-refractivity contribution in [2.24, 2.45) is 10.8 Å². The number of aromatic nitrogens is 3. The van der Waals surface area contributed by atoms with Crippen molar-refractivity contribution in [3.05, 3.63) is 18.0 Å². The lowest BCUT2D eigenvalue weighted by molar-refractivity contribution is 0.00397. The summed E-state index contributed by atoms with van der Waals surface area (Å²) in [4.78, 5) is 29.1. The second-order valence-electron chi connectivity index (χ2n) is 12.1. The van der Waals surface area contributed by atoms with Gasteiger partial charge in [0.25, 0.3) is 0 Å². The number of carboxylic acid groups (broad SMARTS) is 1. The fraction of sp³-hybridized carbons (Fsp3) is 0.680. The molecule has 0 radical (unpaired) electrons. The van der Waals surface area contributed by atoms with E-state index in [2.05, 4.69) is 15.2 Å². The van der Waals surface area contributed by atoms with Crippen LogP contribution in [0.5, 0.6) is 0 Å². The highest BCUT2D eigenvalue weighted by atomic mass is 32.2. The number of halogens is 1. The van der Waals surface area contributed by atoms with Gasteiger partial charge in [0.2, 0.25) is 16.0 Å². The van der Waals surface area contributed by atoms with Crippen molar-refractivity contribution in [2.45, 2.75) is 58.8 Å². The molecule has 11 nitrogen and oxygen atoms in total. The molecule has 1 amide bonds. The maximum Gasteiger partial charge on any atom is 0.407 e. The Bertz CT molecular complexity index is 1360. The first-order valence-electron chi connectivity index (χ1n) is 12.9. The molecule has 3 aliphatic rings. The van der Waals surface area contributed by atoms with Gasteiger partial charge in [0, 0.05) is 55.5 Å². The highest BCUT2D eigenvalue weighted by molar-refractivity contribution is 7.88. The summed E-state index contributed by atoms with van der Waals surface area (Å²) >= 11 is 0. The summed E-state index contributed by atoms with van der Waals surface area (Å²) < 4.78 is 40.6. The van der Waals surface area contributed by atoms with Crippen LogP contribution in [-0.2, 0) is 10.0 Å². The van der Waals surface area contributed by atoms with E-state index < -0.39 is 27.7 Å². The van der Waals surface area contributed by atoms with E-state index in [0.29, 0.717) is 49.8 Å². The first-order valence-corrected chi connectivity index (χ1v) is 14.8. The van der Waals surface area contributed by atoms with E-state index in [0.717, 1.165) is 11.1 Å². The van der Waals surface area contributed by atoms with Gasteiger partial charge in [0.05, 0.1) is 18.2 Å². The maximum absolute atomic E-state index is 15.5. The summed E-state index contributed by atoms with van der Waals surface area (Å²) in [7, 11) is -3.21. The van der Waals surface area contributed by atoms with Gasteiger partial charge in [-0.05, 0) is 31.2 Å². The Morgan fingerprint density at radius 2 is 1.89 bits per heavy atom. The lowest BCUT2D eigenvalue weighted by atomic mass is 9.60. The van der Waals surface area contributed by atoms with E-state index in [1.807, 2.05) is 33.8 Å². The van der Waals surface area contributed by atoms with Crippen LogP contribution in [0.15, 0.2) is 12.3 Å². The zero-order chi connectivity index (χ0) is 27.6. The molecule has 2 aromatic heterocycles. The molecule has 3 saturated heterocycles. The minimum Gasteiger partial charge on any atom is -0.465 e. The van der Waals surface area contributed by atoms with Gasteiger partial charge < -0.3 is 20.2 Å². The second-order valence-corrected chi connectivity index (χ2v) is 14.0. The largest absolute Gasteiger partial charge is 0.465 e. The molecule has 13 heteroatoms. The number of fused-ring (bicyclic) bond motifs is 1. The van der Waals surface area contributed by atoms with Crippen molar-refractivity contribution in [2.75, 3.05) is 49.2 Å². The average Bonchev–Trinajstić information content (AvgIpc) is 3.15. The normalized spacial score (nSPS) is 27.2. The standard InChI is InChI=1S/C25H36FN7O4S/c1-15-10-16-11-27-22(29-17-6-8-32(9-7-17)38(5,36)37)30-19(16)20(28-15)33-14-25(21(33)24(2,3)4)13-31(23(34)35)12-18(25)26/h10-11,17-18,21H,6-9,12-14H2,1-5H3,(H,34,35)(H,27,29,30). The first kappa shape index (κ1) is 26.8. The number of hydrogen-bond acceptors (Lipinski definition) is 8. The Hall–Kier alpha value is -2.80. The summed E-state index contributed by atoms with van der Waals surface area (Å²) in [6, 6.07) is 1.67. The van der Waals surface area contributed by atoms with Crippen molar-refractivity contribution in [3.8, 4) is 0 Å². The predicted molar refractivity (Wildman–Crippen MR) is 143 cm³/mol. The van der Waals surface area contributed by atoms with Gasteiger partial charge in [-0.25, -0.2) is 36.9 Å². The molecule has 5 heterocycles. The highest BCUT2D eigenvalue weighted by Gasteiger charge is 2.66. The number of sulfonamides is 1. The molecule has 0 saturated carbocycles. The fourth-order valence-corrected chi connectivity index (χ4v) is 7.48. The van der Waals surface area contributed by atoms with Crippen molar-refractivity contribution in [3.63, 3.8) is 0 Å². The Kier molecular flexibility index (Phi) is 6.45. The molecule has 38 heavy (non-hydrogen) atoms. The molecular formula is C25H36FN7O4S. The monoisotopic (exact) mass is 549 g/mol. The number of nitrogens with one attached hydrogen (secondary N) is 1. The number of carbonyl (C=O) groups is 1. The molecular weight excluding hydrogens is 513 g/mol. The highest BCUT2D eigenvalue weighted by Crippen LogP contribution is 2.55. The second kappa shape index (κ2) is 9.15. The smallest absolute Gasteiger partial charge is 0.407 e. The Balaban J connectivity index is 1.45.